The highest BCUT2D eigenvalue weighted by Crippen LogP contribution is 2.35. The van der Waals surface area contributed by atoms with Gasteiger partial charge < -0.3 is 18.9 Å². The number of carbonyl (C=O) groups is 2. The van der Waals surface area contributed by atoms with Gasteiger partial charge in [-0.1, -0.05) is 0 Å². The fourth-order valence-electron chi connectivity index (χ4n) is 2.72. The van der Waals surface area contributed by atoms with Gasteiger partial charge in [-0.3, -0.25) is 9.59 Å². The van der Waals surface area contributed by atoms with Crippen LogP contribution in [0, 0.1) is 5.92 Å². The van der Waals surface area contributed by atoms with Crippen LogP contribution in [0.1, 0.15) is 27.6 Å². The van der Waals surface area contributed by atoms with E-state index >= 15 is 0 Å². The maximum Gasteiger partial charge on any atom is 0.231 e. The molecule has 0 bridgehead atoms. The molecule has 2 heterocycles. The highest BCUT2D eigenvalue weighted by atomic mass is 16.7. The number of rotatable bonds is 4. The molecule has 2 aliphatic rings. The van der Waals surface area contributed by atoms with E-state index in [0.29, 0.717) is 34.1 Å². The van der Waals surface area contributed by atoms with E-state index in [4.69, 9.17) is 18.9 Å². The van der Waals surface area contributed by atoms with Gasteiger partial charge in [0.25, 0.3) is 0 Å². The van der Waals surface area contributed by atoms with Gasteiger partial charge in [-0.25, -0.2) is 0 Å². The molecular formula is C18H14O6. The number of hydrogen-bond acceptors (Lipinski definition) is 6. The molecule has 6 heteroatoms. The minimum Gasteiger partial charge on any atom is -0.454 e. The van der Waals surface area contributed by atoms with E-state index in [1.807, 2.05) is 0 Å². The van der Waals surface area contributed by atoms with Gasteiger partial charge in [-0.2, -0.15) is 0 Å². The predicted molar refractivity (Wildman–Crippen MR) is 83.0 cm³/mol. The van der Waals surface area contributed by atoms with Crippen LogP contribution in [0.4, 0.5) is 0 Å². The second kappa shape index (κ2) is 5.56. The SMILES string of the molecule is CC(C(=O)c1ccc2c(c1)OCO2)C(=O)c1ccc2c(c1)OCO2. The summed E-state index contributed by atoms with van der Waals surface area (Å²) in [6.07, 6.45) is 0. The topological polar surface area (TPSA) is 71.1 Å². The van der Waals surface area contributed by atoms with Crippen molar-refractivity contribution in [3.8, 4) is 23.0 Å². The summed E-state index contributed by atoms with van der Waals surface area (Å²) in [5.74, 6) is 0.882. The maximum atomic E-state index is 12.6. The van der Waals surface area contributed by atoms with Crippen molar-refractivity contribution < 1.29 is 28.5 Å². The summed E-state index contributed by atoms with van der Waals surface area (Å²) in [6, 6.07) is 9.83. The number of hydrogen-bond donors (Lipinski definition) is 0. The van der Waals surface area contributed by atoms with Crippen LogP contribution in [0.2, 0.25) is 0 Å². The van der Waals surface area contributed by atoms with E-state index in [1.165, 1.54) is 0 Å². The molecule has 0 fully saturated rings. The first-order valence-electron chi connectivity index (χ1n) is 7.51. The Morgan fingerprint density at radius 3 is 1.62 bits per heavy atom. The smallest absolute Gasteiger partial charge is 0.231 e. The van der Waals surface area contributed by atoms with Gasteiger partial charge in [0.1, 0.15) is 0 Å². The second-order valence-corrected chi connectivity index (χ2v) is 5.59. The van der Waals surface area contributed by atoms with Crippen molar-refractivity contribution in [3.05, 3.63) is 47.5 Å². The molecule has 0 saturated carbocycles. The zero-order valence-corrected chi connectivity index (χ0v) is 12.9. The standard InChI is InChI=1S/C18H14O6/c1-10(17(19)11-2-4-13-15(6-11)23-8-21-13)18(20)12-3-5-14-16(7-12)24-9-22-14/h2-7,10H,8-9H2,1H3. The molecule has 0 saturated heterocycles. The van der Waals surface area contributed by atoms with Crippen LogP contribution in [0.25, 0.3) is 0 Å². The third-order valence-electron chi connectivity index (χ3n) is 4.10. The van der Waals surface area contributed by atoms with Gasteiger partial charge in [0, 0.05) is 11.1 Å². The van der Waals surface area contributed by atoms with Gasteiger partial charge in [0.2, 0.25) is 13.6 Å². The molecule has 122 valence electrons. The maximum absolute atomic E-state index is 12.6. The number of ether oxygens (including phenoxy) is 4. The van der Waals surface area contributed by atoms with Crippen LogP contribution in [0.5, 0.6) is 23.0 Å². The van der Waals surface area contributed by atoms with Crippen LogP contribution in [-0.2, 0) is 0 Å². The van der Waals surface area contributed by atoms with E-state index in [9.17, 15) is 9.59 Å². The molecule has 24 heavy (non-hydrogen) atoms. The molecule has 0 aromatic heterocycles. The molecule has 0 aliphatic carbocycles. The van der Waals surface area contributed by atoms with Crippen LogP contribution < -0.4 is 18.9 Å². The molecule has 0 N–H and O–H groups in total. The van der Waals surface area contributed by atoms with Crippen molar-refractivity contribution >= 4 is 11.6 Å². The zero-order chi connectivity index (χ0) is 16.7. The van der Waals surface area contributed by atoms with Crippen molar-refractivity contribution in [2.45, 2.75) is 6.92 Å². The minimum absolute atomic E-state index is 0.138. The highest BCUT2D eigenvalue weighted by molar-refractivity contribution is 6.16. The summed E-state index contributed by atoms with van der Waals surface area (Å²) >= 11 is 0. The fraction of sp³-hybridized carbons (Fsp3) is 0.222. The largest absolute Gasteiger partial charge is 0.454 e. The summed E-state index contributed by atoms with van der Waals surface area (Å²) < 4.78 is 21.0. The lowest BCUT2D eigenvalue weighted by atomic mass is 9.91. The Bertz CT molecular complexity index is 772. The van der Waals surface area contributed by atoms with E-state index in [0.717, 1.165) is 0 Å². The summed E-state index contributed by atoms with van der Waals surface area (Å²) in [4.78, 5) is 25.2. The third kappa shape index (κ3) is 2.36. The van der Waals surface area contributed by atoms with Crippen molar-refractivity contribution in [1.82, 2.24) is 0 Å². The van der Waals surface area contributed by atoms with Gasteiger partial charge in [-0.15, -0.1) is 0 Å². The number of Topliss-reactive ketones (excluding diaryl/α,β-unsaturated/α-hetero) is 2. The number of ketones is 2. The highest BCUT2D eigenvalue weighted by Gasteiger charge is 2.27. The molecule has 2 aromatic rings. The second-order valence-electron chi connectivity index (χ2n) is 5.59. The van der Waals surface area contributed by atoms with Crippen molar-refractivity contribution in [1.29, 1.82) is 0 Å². The Morgan fingerprint density at radius 1 is 0.750 bits per heavy atom. The molecule has 4 rings (SSSR count). The molecule has 0 amide bonds. The Labute approximate surface area is 137 Å². The molecule has 0 unspecified atom stereocenters. The van der Waals surface area contributed by atoms with Crippen molar-refractivity contribution in [3.63, 3.8) is 0 Å². The zero-order valence-electron chi connectivity index (χ0n) is 12.9. The normalized spacial score (nSPS) is 14.1. The Morgan fingerprint density at radius 2 is 1.17 bits per heavy atom. The van der Waals surface area contributed by atoms with E-state index in [2.05, 4.69) is 0 Å². The van der Waals surface area contributed by atoms with Crippen LogP contribution >= 0.6 is 0 Å². The van der Waals surface area contributed by atoms with Gasteiger partial charge >= 0.3 is 0 Å². The molecule has 0 atom stereocenters. The van der Waals surface area contributed by atoms with Crippen molar-refractivity contribution in [2.24, 2.45) is 5.92 Å². The molecule has 2 aromatic carbocycles. The molecule has 6 nitrogen and oxygen atoms in total. The lowest BCUT2D eigenvalue weighted by Gasteiger charge is -2.11. The first-order valence-corrected chi connectivity index (χ1v) is 7.51. The van der Waals surface area contributed by atoms with Crippen molar-refractivity contribution in [2.75, 3.05) is 13.6 Å². The van der Waals surface area contributed by atoms with E-state index in [1.54, 1.807) is 43.3 Å². The number of fused-ring (bicyclic) bond motifs is 2. The number of carbonyl (C=O) groups excluding carboxylic acids is 2. The monoisotopic (exact) mass is 326 g/mol. The Hall–Kier alpha value is -3.02. The number of benzene rings is 2. The molecule has 0 spiro atoms. The van der Waals surface area contributed by atoms with Crippen LogP contribution in [0.15, 0.2) is 36.4 Å². The van der Waals surface area contributed by atoms with Crippen LogP contribution in [-0.4, -0.2) is 25.2 Å². The Kier molecular flexibility index (Phi) is 3.37. The van der Waals surface area contributed by atoms with Gasteiger partial charge in [0.15, 0.2) is 34.6 Å². The predicted octanol–water partition coefficient (Wildman–Crippen LogP) is 2.85. The summed E-state index contributed by atoms with van der Waals surface area (Å²) in [7, 11) is 0. The minimum atomic E-state index is -0.814. The summed E-state index contributed by atoms with van der Waals surface area (Å²) in [5.41, 5.74) is 0.835. The average Bonchev–Trinajstić information content (AvgIpc) is 3.26. The fourth-order valence-corrected chi connectivity index (χ4v) is 2.72. The lowest BCUT2D eigenvalue weighted by molar-refractivity contribution is 0.0820. The molecule has 2 aliphatic heterocycles. The summed E-state index contributed by atoms with van der Waals surface area (Å²) in [5, 5.41) is 0. The third-order valence-corrected chi connectivity index (χ3v) is 4.10. The van der Waals surface area contributed by atoms with Gasteiger partial charge in [0.05, 0.1) is 5.92 Å². The first-order chi connectivity index (χ1) is 11.6. The molecular weight excluding hydrogens is 312 g/mol. The van der Waals surface area contributed by atoms with Gasteiger partial charge in [-0.05, 0) is 43.3 Å². The quantitative estimate of drug-likeness (QED) is 0.635. The van der Waals surface area contributed by atoms with E-state index < -0.39 is 5.92 Å². The lowest BCUT2D eigenvalue weighted by Crippen LogP contribution is -2.21. The Balaban J connectivity index is 1.57. The van der Waals surface area contributed by atoms with E-state index in [-0.39, 0.29) is 25.2 Å². The summed E-state index contributed by atoms with van der Waals surface area (Å²) in [6.45, 7) is 1.87. The molecule has 0 radical (unpaired) electrons. The first kappa shape index (κ1) is 14.6. The average molecular weight is 326 g/mol. The van der Waals surface area contributed by atoms with Crippen LogP contribution in [0.3, 0.4) is 0 Å².